The molecule has 1 aliphatic rings. The van der Waals surface area contributed by atoms with Gasteiger partial charge in [-0.25, -0.2) is 4.98 Å². The summed E-state index contributed by atoms with van der Waals surface area (Å²) in [5, 5.41) is 11.0. The first-order valence-corrected chi connectivity index (χ1v) is 15.7. The van der Waals surface area contributed by atoms with Crippen molar-refractivity contribution in [3.05, 3.63) is 139 Å². The molecule has 5 nitrogen and oxygen atoms in total. The van der Waals surface area contributed by atoms with Crippen LogP contribution >= 0.6 is 0 Å². The van der Waals surface area contributed by atoms with Crippen LogP contribution in [0.15, 0.2) is 128 Å². The fourth-order valence-electron chi connectivity index (χ4n) is 6.43. The standard InChI is InChI=1S/C40H38N4O/c1-27(2)32-19-13-20-33(28(3)4)39(32)42-25-35(41-40(42)34-18-8-11-23-38(34)45)29-14-12-17-31(24-29)44-26-43(30-15-6-5-7-16-30)36-21-9-10-22-37(36)44/h5-25,27-28,45H,26H2,1-4H3. The number of benzene rings is 5. The predicted molar refractivity (Wildman–Crippen MR) is 186 cm³/mol. The van der Waals surface area contributed by atoms with Crippen LogP contribution in [0.1, 0.15) is 50.7 Å². The molecule has 0 unspecified atom stereocenters. The van der Waals surface area contributed by atoms with Gasteiger partial charge >= 0.3 is 0 Å². The summed E-state index contributed by atoms with van der Waals surface area (Å²) < 4.78 is 2.20. The smallest absolute Gasteiger partial charge is 0.148 e. The van der Waals surface area contributed by atoms with E-state index in [9.17, 15) is 5.11 Å². The number of fused-ring (bicyclic) bond motifs is 1. The Balaban J connectivity index is 1.37. The molecule has 0 atom stereocenters. The summed E-state index contributed by atoms with van der Waals surface area (Å²) >= 11 is 0. The molecule has 45 heavy (non-hydrogen) atoms. The van der Waals surface area contributed by atoms with Crippen molar-refractivity contribution in [3.8, 4) is 34.1 Å². The van der Waals surface area contributed by atoms with Gasteiger partial charge in [-0.05, 0) is 71.5 Å². The zero-order valence-electron chi connectivity index (χ0n) is 26.2. The van der Waals surface area contributed by atoms with Gasteiger partial charge in [-0.3, -0.25) is 4.57 Å². The van der Waals surface area contributed by atoms with Crippen molar-refractivity contribution in [3.63, 3.8) is 0 Å². The van der Waals surface area contributed by atoms with Crippen LogP contribution in [0.25, 0.3) is 28.3 Å². The molecule has 0 saturated carbocycles. The van der Waals surface area contributed by atoms with Gasteiger partial charge in [0.25, 0.3) is 0 Å². The number of phenolic OH excluding ortho intramolecular Hbond substituents is 1. The summed E-state index contributed by atoms with van der Waals surface area (Å²) in [4.78, 5) is 9.95. The number of anilines is 4. The Hall–Kier alpha value is -5.29. The van der Waals surface area contributed by atoms with Gasteiger partial charge in [-0.1, -0.05) is 100 Å². The lowest BCUT2D eigenvalue weighted by atomic mass is 9.92. The topological polar surface area (TPSA) is 44.5 Å². The second-order valence-corrected chi connectivity index (χ2v) is 12.3. The number of imidazole rings is 1. The third kappa shape index (κ3) is 5.14. The molecule has 0 aliphatic carbocycles. The molecule has 0 saturated heterocycles. The van der Waals surface area contributed by atoms with E-state index < -0.39 is 0 Å². The summed E-state index contributed by atoms with van der Waals surface area (Å²) in [7, 11) is 0. The first kappa shape index (κ1) is 28.5. The van der Waals surface area contributed by atoms with Gasteiger partial charge in [-0.2, -0.15) is 0 Å². The van der Waals surface area contributed by atoms with E-state index in [0.29, 0.717) is 24.1 Å². The number of hydrogen-bond donors (Lipinski definition) is 1. The van der Waals surface area contributed by atoms with Crippen molar-refractivity contribution < 1.29 is 5.11 Å². The van der Waals surface area contributed by atoms with Crippen molar-refractivity contribution in [1.29, 1.82) is 0 Å². The minimum atomic E-state index is 0.215. The molecule has 224 valence electrons. The highest BCUT2D eigenvalue weighted by atomic mass is 16.3. The normalized spacial score (nSPS) is 12.8. The first-order valence-electron chi connectivity index (χ1n) is 15.7. The van der Waals surface area contributed by atoms with Gasteiger partial charge in [0.2, 0.25) is 0 Å². The van der Waals surface area contributed by atoms with E-state index in [-0.39, 0.29) is 5.75 Å². The van der Waals surface area contributed by atoms with Crippen LogP contribution in [0.2, 0.25) is 0 Å². The maximum absolute atomic E-state index is 11.0. The zero-order chi connectivity index (χ0) is 31.1. The van der Waals surface area contributed by atoms with E-state index in [2.05, 4.69) is 145 Å². The largest absolute Gasteiger partial charge is 0.507 e. The quantitative estimate of drug-likeness (QED) is 0.201. The number of para-hydroxylation sites is 5. The van der Waals surface area contributed by atoms with Crippen molar-refractivity contribution in [2.75, 3.05) is 16.5 Å². The lowest BCUT2D eigenvalue weighted by Crippen LogP contribution is -2.23. The molecule has 2 heterocycles. The summed E-state index contributed by atoms with van der Waals surface area (Å²) in [6, 6.07) is 41.8. The Morgan fingerprint density at radius 3 is 1.87 bits per heavy atom. The molecule has 1 aliphatic heterocycles. The van der Waals surface area contributed by atoms with Gasteiger partial charge in [0.1, 0.15) is 18.2 Å². The molecule has 0 spiro atoms. The maximum Gasteiger partial charge on any atom is 0.148 e. The monoisotopic (exact) mass is 590 g/mol. The number of aromatic hydroxyl groups is 1. The summed E-state index contributed by atoms with van der Waals surface area (Å²) in [6.07, 6.45) is 2.14. The highest BCUT2D eigenvalue weighted by molar-refractivity contribution is 5.87. The lowest BCUT2D eigenvalue weighted by molar-refractivity contribution is 0.477. The Morgan fingerprint density at radius 1 is 0.622 bits per heavy atom. The SMILES string of the molecule is CC(C)c1cccc(C(C)C)c1-n1cc(-c2cccc(N3CN(c4ccccc4)c4ccccc43)c2)nc1-c1ccccc1O. The number of aromatic nitrogens is 2. The molecule has 0 fully saturated rings. The van der Waals surface area contributed by atoms with E-state index >= 15 is 0 Å². The first-order chi connectivity index (χ1) is 21.9. The average Bonchev–Trinajstić information content (AvgIpc) is 3.68. The van der Waals surface area contributed by atoms with E-state index in [1.807, 2.05) is 18.2 Å². The second-order valence-electron chi connectivity index (χ2n) is 12.3. The Labute approximate surface area is 265 Å². The molecular formula is C40H38N4O. The Kier molecular flexibility index (Phi) is 7.38. The van der Waals surface area contributed by atoms with Crippen molar-refractivity contribution in [1.82, 2.24) is 9.55 Å². The fraction of sp³-hybridized carbons (Fsp3) is 0.175. The Bertz CT molecular complexity index is 1950. The molecule has 0 bridgehead atoms. The van der Waals surface area contributed by atoms with Crippen LogP contribution in [-0.4, -0.2) is 21.3 Å². The van der Waals surface area contributed by atoms with Gasteiger partial charge in [0.05, 0.1) is 28.3 Å². The predicted octanol–water partition coefficient (Wildman–Crippen LogP) is 10.4. The van der Waals surface area contributed by atoms with Crippen LogP contribution < -0.4 is 9.80 Å². The summed E-state index contributed by atoms with van der Waals surface area (Å²) in [6.45, 7) is 9.64. The van der Waals surface area contributed by atoms with Gasteiger partial charge in [-0.15, -0.1) is 0 Å². The Morgan fingerprint density at radius 2 is 1.20 bits per heavy atom. The lowest BCUT2D eigenvalue weighted by Gasteiger charge is -2.22. The average molecular weight is 591 g/mol. The highest BCUT2D eigenvalue weighted by Gasteiger charge is 2.28. The number of rotatable bonds is 7. The summed E-state index contributed by atoms with van der Waals surface area (Å²) in [5.74, 6) is 1.57. The number of phenols is 1. The van der Waals surface area contributed by atoms with Crippen LogP contribution in [-0.2, 0) is 0 Å². The number of hydrogen-bond acceptors (Lipinski definition) is 4. The molecule has 0 radical (unpaired) electrons. The van der Waals surface area contributed by atoms with Crippen molar-refractivity contribution in [2.45, 2.75) is 39.5 Å². The molecule has 6 aromatic rings. The molecule has 7 rings (SSSR count). The third-order valence-electron chi connectivity index (χ3n) is 8.70. The maximum atomic E-state index is 11.0. The molecule has 5 aromatic carbocycles. The molecular weight excluding hydrogens is 552 g/mol. The summed E-state index contributed by atoms with van der Waals surface area (Å²) in [5.41, 5.74) is 10.9. The van der Waals surface area contributed by atoms with Crippen LogP contribution in [0.5, 0.6) is 5.75 Å². The van der Waals surface area contributed by atoms with Gasteiger partial charge in [0.15, 0.2) is 0 Å². The minimum absolute atomic E-state index is 0.215. The molecule has 1 aromatic heterocycles. The highest BCUT2D eigenvalue weighted by Crippen LogP contribution is 2.45. The van der Waals surface area contributed by atoms with Crippen LogP contribution in [0.3, 0.4) is 0 Å². The van der Waals surface area contributed by atoms with Gasteiger partial charge < -0.3 is 14.9 Å². The van der Waals surface area contributed by atoms with E-state index in [1.54, 1.807) is 6.07 Å². The third-order valence-corrected chi connectivity index (χ3v) is 8.70. The van der Waals surface area contributed by atoms with Crippen molar-refractivity contribution >= 4 is 22.7 Å². The fourth-order valence-corrected chi connectivity index (χ4v) is 6.43. The van der Waals surface area contributed by atoms with E-state index in [0.717, 1.165) is 28.5 Å². The second kappa shape index (κ2) is 11.7. The molecule has 1 N–H and O–H groups in total. The van der Waals surface area contributed by atoms with E-state index in [1.165, 1.54) is 28.2 Å². The van der Waals surface area contributed by atoms with Crippen LogP contribution in [0, 0.1) is 0 Å². The number of nitrogens with zero attached hydrogens (tertiary/aromatic N) is 4. The van der Waals surface area contributed by atoms with E-state index in [4.69, 9.17) is 4.98 Å². The van der Waals surface area contributed by atoms with Crippen molar-refractivity contribution in [2.24, 2.45) is 0 Å². The minimum Gasteiger partial charge on any atom is -0.507 e. The molecule has 0 amide bonds. The zero-order valence-corrected chi connectivity index (χ0v) is 26.2. The van der Waals surface area contributed by atoms with Gasteiger partial charge in [0, 0.05) is 23.1 Å². The van der Waals surface area contributed by atoms with Crippen LogP contribution in [0.4, 0.5) is 22.7 Å². The molecule has 5 heteroatoms.